The summed E-state index contributed by atoms with van der Waals surface area (Å²) in [5, 5.41) is 22.6. The van der Waals surface area contributed by atoms with Gasteiger partial charge in [-0.05, 0) is 31.2 Å². The fourth-order valence-corrected chi connectivity index (χ4v) is 2.29. The van der Waals surface area contributed by atoms with Crippen molar-refractivity contribution in [1.29, 1.82) is 5.26 Å². The van der Waals surface area contributed by atoms with Gasteiger partial charge < -0.3 is 15.4 Å². The molecule has 132 valence electrons. The second-order valence-electron chi connectivity index (χ2n) is 5.61. The van der Waals surface area contributed by atoms with E-state index >= 15 is 0 Å². The van der Waals surface area contributed by atoms with Crippen molar-refractivity contribution in [3.63, 3.8) is 0 Å². The van der Waals surface area contributed by atoms with Gasteiger partial charge in [0.25, 0.3) is 0 Å². The molecule has 8 nitrogen and oxygen atoms in total. The van der Waals surface area contributed by atoms with E-state index in [1.807, 2.05) is 26.0 Å². The average molecular weight is 349 g/mol. The number of nitrogens with zero attached hydrogens (tertiary/aromatic N) is 4. The first-order chi connectivity index (χ1) is 12.7. The number of pyridine rings is 2. The number of nitrogens with one attached hydrogen (secondary N) is 3. The van der Waals surface area contributed by atoms with Crippen molar-refractivity contribution >= 4 is 17.5 Å². The number of hydrogen-bond acceptors (Lipinski definition) is 7. The van der Waals surface area contributed by atoms with E-state index in [1.54, 1.807) is 30.6 Å². The molecule has 3 rings (SSSR count). The number of aryl methyl sites for hydroxylation is 1. The third-order valence-electron chi connectivity index (χ3n) is 3.56. The van der Waals surface area contributed by atoms with Crippen molar-refractivity contribution in [1.82, 2.24) is 20.2 Å². The maximum Gasteiger partial charge on any atom is 0.170 e. The van der Waals surface area contributed by atoms with Crippen LogP contribution in [0.1, 0.15) is 24.6 Å². The highest BCUT2D eigenvalue weighted by molar-refractivity contribution is 5.60. The molecule has 1 unspecified atom stereocenters. The van der Waals surface area contributed by atoms with Gasteiger partial charge in [0.05, 0.1) is 11.8 Å². The van der Waals surface area contributed by atoms with Gasteiger partial charge in [0.15, 0.2) is 12.0 Å². The average Bonchev–Trinajstić information content (AvgIpc) is 3.07. The van der Waals surface area contributed by atoms with Crippen LogP contribution in [-0.4, -0.2) is 26.4 Å². The zero-order valence-corrected chi connectivity index (χ0v) is 14.5. The van der Waals surface area contributed by atoms with E-state index in [4.69, 9.17) is 4.74 Å². The molecular weight excluding hydrogens is 330 g/mol. The summed E-state index contributed by atoms with van der Waals surface area (Å²) < 4.78 is 5.87. The Hall–Kier alpha value is -3.60. The Morgan fingerprint density at radius 1 is 1.31 bits per heavy atom. The molecule has 1 atom stereocenters. The Morgan fingerprint density at radius 2 is 2.19 bits per heavy atom. The molecule has 0 aliphatic heterocycles. The maximum atomic E-state index is 9.36. The van der Waals surface area contributed by atoms with Crippen molar-refractivity contribution in [3.8, 4) is 11.8 Å². The van der Waals surface area contributed by atoms with E-state index in [0.717, 1.165) is 5.69 Å². The first kappa shape index (κ1) is 17.2. The third-order valence-corrected chi connectivity index (χ3v) is 3.56. The smallest absolute Gasteiger partial charge is 0.170 e. The van der Waals surface area contributed by atoms with Crippen LogP contribution in [0.15, 0.2) is 42.7 Å². The second kappa shape index (κ2) is 7.98. The van der Waals surface area contributed by atoms with Crippen LogP contribution in [0.25, 0.3) is 0 Å². The van der Waals surface area contributed by atoms with Crippen molar-refractivity contribution < 1.29 is 4.74 Å². The molecule has 0 saturated carbocycles. The molecule has 0 fully saturated rings. The Balaban J connectivity index is 1.78. The van der Waals surface area contributed by atoms with Gasteiger partial charge in [-0.1, -0.05) is 6.92 Å². The van der Waals surface area contributed by atoms with Gasteiger partial charge in [-0.15, -0.1) is 0 Å². The van der Waals surface area contributed by atoms with Crippen LogP contribution < -0.4 is 15.4 Å². The summed E-state index contributed by atoms with van der Waals surface area (Å²) in [6.07, 6.45) is 3.66. The minimum Gasteiger partial charge on any atom is -0.469 e. The monoisotopic (exact) mass is 349 g/mol. The molecule has 0 aliphatic rings. The van der Waals surface area contributed by atoms with Gasteiger partial charge in [-0.2, -0.15) is 10.4 Å². The molecule has 26 heavy (non-hydrogen) atoms. The summed E-state index contributed by atoms with van der Waals surface area (Å²) in [4.78, 5) is 8.52. The normalized spacial score (nSPS) is 11.4. The quantitative estimate of drug-likeness (QED) is 0.561. The van der Waals surface area contributed by atoms with E-state index < -0.39 is 0 Å². The predicted molar refractivity (Wildman–Crippen MR) is 98.1 cm³/mol. The van der Waals surface area contributed by atoms with Gasteiger partial charge in [0.2, 0.25) is 0 Å². The first-order valence-corrected chi connectivity index (χ1v) is 8.21. The van der Waals surface area contributed by atoms with Crippen molar-refractivity contribution in [2.45, 2.75) is 26.5 Å². The molecule has 0 aliphatic carbocycles. The summed E-state index contributed by atoms with van der Waals surface area (Å²) in [6.45, 7) is 3.90. The molecule has 0 spiro atoms. The number of hydrogen-bond donors (Lipinski definition) is 3. The molecule has 8 heteroatoms. The lowest BCUT2D eigenvalue weighted by atomic mass is 10.2. The fourth-order valence-electron chi connectivity index (χ4n) is 2.29. The topological polar surface area (TPSA) is 112 Å². The molecule has 0 radical (unpaired) electrons. The highest BCUT2D eigenvalue weighted by Crippen LogP contribution is 2.21. The van der Waals surface area contributed by atoms with E-state index in [2.05, 4.69) is 36.9 Å². The largest absolute Gasteiger partial charge is 0.469 e. The number of rotatable bonds is 7. The summed E-state index contributed by atoms with van der Waals surface area (Å²) in [5.74, 6) is 2.32. The van der Waals surface area contributed by atoms with Crippen molar-refractivity contribution in [2.75, 3.05) is 10.6 Å². The zero-order valence-electron chi connectivity index (χ0n) is 14.5. The first-order valence-electron chi connectivity index (χ1n) is 8.21. The summed E-state index contributed by atoms with van der Waals surface area (Å²) in [5.41, 5.74) is 1.37. The van der Waals surface area contributed by atoms with Crippen molar-refractivity contribution in [3.05, 3.63) is 54.0 Å². The third kappa shape index (κ3) is 4.27. The zero-order chi connectivity index (χ0) is 18.4. The van der Waals surface area contributed by atoms with Crippen LogP contribution in [0.4, 0.5) is 17.5 Å². The number of ether oxygens (including phenoxy) is 1. The summed E-state index contributed by atoms with van der Waals surface area (Å²) in [7, 11) is 0. The highest BCUT2D eigenvalue weighted by Gasteiger charge is 2.13. The van der Waals surface area contributed by atoms with Gasteiger partial charge in [-0.25, -0.2) is 4.98 Å². The molecule has 0 amide bonds. The molecule has 0 bridgehead atoms. The van der Waals surface area contributed by atoms with Crippen LogP contribution >= 0.6 is 0 Å². The number of aromatic amines is 1. The molecule has 0 saturated heterocycles. The van der Waals surface area contributed by atoms with Crippen LogP contribution in [0.3, 0.4) is 0 Å². The second-order valence-corrected chi connectivity index (χ2v) is 5.61. The number of nitriles is 1. The molecule has 3 aromatic rings. The highest BCUT2D eigenvalue weighted by atomic mass is 16.5. The Morgan fingerprint density at radius 3 is 2.85 bits per heavy atom. The SMILES string of the molecule is CCC(Nc1nc(Nc2cc(C)[nH]n2)ccc1C#N)Oc1cccnc1. The van der Waals surface area contributed by atoms with E-state index in [9.17, 15) is 5.26 Å². The Kier molecular flexibility index (Phi) is 5.29. The lowest BCUT2D eigenvalue weighted by Gasteiger charge is -2.20. The van der Waals surface area contributed by atoms with Crippen LogP contribution in [0.2, 0.25) is 0 Å². The van der Waals surface area contributed by atoms with Gasteiger partial charge >= 0.3 is 0 Å². The Labute approximate surface area is 151 Å². The molecular formula is C18H19N7O. The number of aromatic nitrogens is 4. The predicted octanol–water partition coefficient (Wildman–Crippen LogP) is 3.35. The van der Waals surface area contributed by atoms with Gasteiger partial charge in [0, 0.05) is 24.4 Å². The maximum absolute atomic E-state index is 9.36. The lowest BCUT2D eigenvalue weighted by Crippen LogP contribution is -2.26. The summed E-state index contributed by atoms with van der Waals surface area (Å²) in [6, 6.07) is 11.1. The fraction of sp³-hybridized carbons (Fsp3) is 0.222. The molecule has 0 aromatic carbocycles. The lowest BCUT2D eigenvalue weighted by molar-refractivity contribution is 0.224. The van der Waals surface area contributed by atoms with Crippen molar-refractivity contribution in [2.24, 2.45) is 0 Å². The van der Waals surface area contributed by atoms with Gasteiger partial charge in [0.1, 0.15) is 23.5 Å². The van der Waals surface area contributed by atoms with Crippen LogP contribution in [-0.2, 0) is 0 Å². The van der Waals surface area contributed by atoms with E-state index in [-0.39, 0.29) is 6.23 Å². The Bertz CT molecular complexity index is 901. The standard InChI is InChI=1S/C18H19N7O/c1-3-17(26-14-5-4-8-20-11-14)23-18-13(10-19)6-7-15(22-18)21-16-9-12(2)24-25-16/h4-9,11,17H,3H2,1-2H3,(H3,21,22,23,24,25). The minimum absolute atomic E-state index is 0.346. The molecule has 3 aromatic heterocycles. The summed E-state index contributed by atoms with van der Waals surface area (Å²) >= 11 is 0. The van der Waals surface area contributed by atoms with E-state index in [0.29, 0.717) is 35.2 Å². The van der Waals surface area contributed by atoms with Gasteiger partial charge in [-0.3, -0.25) is 10.1 Å². The van der Waals surface area contributed by atoms with Crippen LogP contribution in [0.5, 0.6) is 5.75 Å². The molecule has 3 N–H and O–H groups in total. The van der Waals surface area contributed by atoms with E-state index in [1.165, 1.54) is 0 Å². The number of H-pyrrole nitrogens is 1. The van der Waals surface area contributed by atoms with Crippen LogP contribution in [0, 0.1) is 18.3 Å². The molecule has 3 heterocycles. The minimum atomic E-state index is -0.346. The number of anilines is 3.